The first kappa shape index (κ1) is 35.0. The molecule has 1 aromatic heterocycles. The Bertz CT molecular complexity index is 3200. The summed E-state index contributed by atoms with van der Waals surface area (Å²) in [5, 5.41) is 2.66. The predicted molar refractivity (Wildman–Crippen MR) is 253 cm³/mol. The fourth-order valence-corrected chi connectivity index (χ4v) is 11.4. The van der Waals surface area contributed by atoms with Crippen molar-refractivity contribution in [3.05, 3.63) is 222 Å². The molecule has 2 aliphatic carbocycles. The van der Waals surface area contributed by atoms with Crippen LogP contribution in [0, 0.1) is 0 Å². The highest BCUT2D eigenvalue weighted by Crippen LogP contribution is 2.55. The molecule has 0 fully saturated rings. The Morgan fingerprint density at radius 2 is 1.13 bits per heavy atom. The second-order valence-electron chi connectivity index (χ2n) is 16.8. The zero-order valence-corrected chi connectivity index (χ0v) is 34.3. The Morgan fingerprint density at radius 3 is 1.90 bits per heavy atom. The summed E-state index contributed by atoms with van der Waals surface area (Å²) in [6.07, 6.45) is 5.48. The summed E-state index contributed by atoms with van der Waals surface area (Å²) in [5.41, 5.74) is 17.4. The van der Waals surface area contributed by atoms with Gasteiger partial charge in [-0.15, -0.1) is 11.3 Å². The van der Waals surface area contributed by atoms with E-state index in [0.717, 1.165) is 46.1 Å². The van der Waals surface area contributed by atoms with E-state index in [0.29, 0.717) is 0 Å². The minimum atomic E-state index is -0.0201. The number of fused-ring (bicyclic) bond motifs is 10. The molecular formula is C57H41NOS. The van der Waals surface area contributed by atoms with E-state index in [1.165, 1.54) is 70.2 Å². The third-order valence-corrected chi connectivity index (χ3v) is 14.3. The van der Waals surface area contributed by atoms with Crippen LogP contribution in [0.2, 0.25) is 0 Å². The highest BCUT2D eigenvalue weighted by Gasteiger charge is 2.37. The van der Waals surface area contributed by atoms with Crippen molar-refractivity contribution in [2.24, 2.45) is 0 Å². The average Bonchev–Trinajstić information content (AvgIpc) is 3.95. The first-order chi connectivity index (χ1) is 29.5. The number of hydrogen-bond acceptors (Lipinski definition) is 3. The summed E-state index contributed by atoms with van der Waals surface area (Å²) in [5.74, 6) is 2.30. The third kappa shape index (κ3) is 5.39. The van der Waals surface area contributed by atoms with Crippen LogP contribution in [-0.2, 0) is 5.41 Å². The van der Waals surface area contributed by atoms with E-state index < -0.39 is 0 Å². The summed E-state index contributed by atoms with van der Waals surface area (Å²) in [6.45, 7) is 4.73. The van der Waals surface area contributed by atoms with Crippen LogP contribution in [0.1, 0.15) is 48.4 Å². The highest BCUT2D eigenvalue weighted by atomic mass is 32.1. The zero-order valence-electron chi connectivity index (χ0n) is 33.5. The minimum absolute atomic E-state index is 0.0201. The van der Waals surface area contributed by atoms with Crippen molar-refractivity contribution in [3.63, 3.8) is 0 Å². The number of nitrogens with zero attached hydrogens (tertiary/aromatic N) is 1. The summed E-state index contributed by atoms with van der Waals surface area (Å²) < 4.78 is 9.22. The number of benzene rings is 8. The van der Waals surface area contributed by atoms with E-state index in [9.17, 15) is 0 Å². The number of ether oxygens (including phenoxy) is 1. The second kappa shape index (κ2) is 13.6. The molecule has 3 aliphatic rings. The van der Waals surface area contributed by atoms with Crippen molar-refractivity contribution in [2.45, 2.75) is 31.6 Å². The quantitative estimate of drug-likeness (QED) is 0.166. The molecule has 60 heavy (non-hydrogen) atoms. The van der Waals surface area contributed by atoms with E-state index in [4.69, 9.17) is 4.74 Å². The Morgan fingerprint density at radius 1 is 0.517 bits per heavy atom. The second-order valence-corrected chi connectivity index (χ2v) is 17.8. The summed E-state index contributed by atoms with van der Waals surface area (Å²) in [6, 6.07) is 66.6. The van der Waals surface area contributed by atoms with Crippen molar-refractivity contribution in [1.29, 1.82) is 0 Å². The molecular weight excluding hydrogens is 747 g/mol. The van der Waals surface area contributed by atoms with E-state index in [-0.39, 0.29) is 11.3 Å². The first-order valence-corrected chi connectivity index (χ1v) is 21.8. The molecule has 0 saturated heterocycles. The van der Waals surface area contributed by atoms with Gasteiger partial charge in [-0.2, -0.15) is 0 Å². The van der Waals surface area contributed by atoms with Crippen molar-refractivity contribution in [3.8, 4) is 39.1 Å². The van der Waals surface area contributed by atoms with Gasteiger partial charge in [-0.25, -0.2) is 0 Å². The molecule has 3 heteroatoms. The predicted octanol–water partition coefficient (Wildman–Crippen LogP) is 16.0. The number of rotatable bonds is 6. The lowest BCUT2D eigenvalue weighted by atomic mass is 9.82. The lowest BCUT2D eigenvalue weighted by Crippen LogP contribution is -2.14. The van der Waals surface area contributed by atoms with Crippen LogP contribution >= 0.6 is 11.3 Å². The van der Waals surface area contributed by atoms with Gasteiger partial charge in [0.25, 0.3) is 0 Å². The molecule has 0 bridgehead atoms. The molecule has 286 valence electrons. The van der Waals surface area contributed by atoms with Gasteiger partial charge in [0.2, 0.25) is 0 Å². The smallest absolute Gasteiger partial charge is 0.130 e. The molecule has 0 amide bonds. The van der Waals surface area contributed by atoms with Gasteiger partial charge in [0, 0.05) is 65.3 Å². The van der Waals surface area contributed by atoms with Gasteiger partial charge in [-0.05, 0) is 93.4 Å². The highest BCUT2D eigenvalue weighted by molar-refractivity contribution is 7.27. The first-order valence-electron chi connectivity index (χ1n) is 20.9. The Balaban J connectivity index is 0.935. The molecule has 0 saturated carbocycles. The van der Waals surface area contributed by atoms with Crippen molar-refractivity contribution in [2.75, 3.05) is 4.90 Å². The molecule has 0 spiro atoms. The summed E-state index contributed by atoms with van der Waals surface area (Å²) in [4.78, 5) is 2.37. The SMILES string of the molecule is CC1(C)c2ccccc2-c2c1ccc1c2sc2c(-c3ccc(N(c4ccc(C5=C6Oc7ccccc7C6CC=C5)cc4)c4ccc(-c5ccccc5)cc4)cc3)cccc21. The normalized spacial score (nSPS) is 15.7. The number of thiophene rings is 1. The van der Waals surface area contributed by atoms with Crippen LogP contribution < -0.4 is 9.64 Å². The van der Waals surface area contributed by atoms with Gasteiger partial charge in [-0.1, -0.05) is 166 Å². The van der Waals surface area contributed by atoms with Crippen molar-refractivity contribution in [1.82, 2.24) is 0 Å². The number of allylic oxidation sites excluding steroid dienone is 4. The fourth-order valence-electron chi connectivity index (χ4n) is 10.0. The van der Waals surface area contributed by atoms with Crippen LogP contribution in [0.4, 0.5) is 17.1 Å². The summed E-state index contributed by atoms with van der Waals surface area (Å²) in [7, 11) is 0. The maximum atomic E-state index is 6.49. The van der Waals surface area contributed by atoms with Crippen LogP contribution in [0.5, 0.6) is 5.75 Å². The Kier molecular flexibility index (Phi) is 7.92. The average molecular weight is 788 g/mol. The molecule has 1 unspecified atom stereocenters. The maximum Gasteiger partial charge on any atom is 0.130 e. The lowest BCUT2D eigenvalue weighted by molar-refractivity contribution is 0.429. The third-order valence-electron chi connectivity index (χ3n) is 13.1. The van der Waals surface area contributed by atoms with Crippen LogP contribution in [0.3, 0.4) is 0 Å². The van der Waals surface area contributed by atoms with E-state index >= 15 is 0 Å². The molecule has 12 rings (SSSR count). The van der Waals surface area contributed by atoms with E-state index in [2.05, 4.69) is 213 Å². The van der Waals surface area contributed by atoms with Crippen LogP contribution in [-0.4, -0.2) is 0 Å². The largest absolute Gasteiger partial charge is 0.460 e. The monoisotopic (exact) mass is 787 g/mol. The van der Waals surface area contributed by atoms with Gasteiger partial charge < -0.3 is 9.64 Å². The maximum absolute atomic E-state index is 6.49. The van der Waals surface area contributed by atoms with E-state index in [1.54, 1.807) is 0 Å². The van der Waals surface area contributed by atoms with Crippen molar-refractivity contribution >= 4 is 54.1 Å². The van der Waals surface area contributed by atoms with Crippen LogP contribution in [0.25, 0.3) is 59.1 Å². The number of hydrogen-bond donors (Lipinski definition) is 0. The standard InChI is InChI=1S/C57H41NOS/c1-57(2)50-20-8-6-15-49(50)53-51(57)35-34-48-47-19-11-17-44(55(47)60-56(48)53)39-26-32-42(33-27-39)58(40-28-22-37(23-29-40)36-12-4-3-5-13-36)41-30-24-38(25-31-41)43-16-10-18-46-45-14-7-9-21-52(45)59-54(43)46/h3-17,19-35,46H,18H2,1-2H3. The van der Waals surface area contributed by atoms with Gasteiger partial charge in [-0.3, -0.25) is 0 Å². The number of anilines is 3. The van der Waals surface area contributed by atoms with Crippen molar-refractivity contribution < 1.29 is 4.74 Å². The molecule has 1 aliphatic heterocycles. The van der Waals surface area contributed by atoms with Gasteiger partial charge in [0.1, 0.15) is 11.5 Å². The molecule has 0 N–H and O–H groups in total. The topological polar surface area (TPSA) is 12.5 Å². The number of para-hydroxylation sites is 1. The lowest BCUT2D eigenvalue weighted by Gasteiger charge is -2.26. The van der Waals surface area contributed by atoms with Gasteiger partial charge in [0.05, 0.1) is 0 Å². The Hall–Kier alpha value is -6.94. The molecule has 8 aromatic carbocycles. The Labute approximate surface area is 355 Å². The van der Waals surface area contributed by atoms with Crippen LogP contribution in [0.15, 0.2) is 200 Å². The molecule has 9 aromatic rings. The van der Waals surface area contributed by atoms with E-state index in [1.807, 2.05) is 11.3 Å². The minimum Gasteiger partial charge on any atom is -0.460 e. The molecule has 1 atom stereocenters. The fraction of sp³-hybridized carbons (Fsp3) is 0.0877. The molecule has 2 heterocycles. The zero-order chi connectivity index (χ0) is 40.0. The van der Waals surface area contributed by atoms with Gasteiger partial charge >= 0.3 is 0 Å². The van der Waals surface area contributed by atoms with Gasteiger partial charge in [0.15, 0.2) is 0 Å². The molecule has 0 radical (unpaired) electrons. The molecule has 2 nitrogen and oxygen atoms in total. The summed E-state index contributed by atoms with van der Waals surface area (Å²) >= 11 is 1.94.